The van der Waals surface area contributed by atoms with Crippen LogP contribution in [0.2, 0.25) is 0 Å². The summed E-state index contributed by atoms with van der Waals surface area (Å²) < 4.78 is 0. The first-order chi connectivity index (χ1) is 10.6. The third-order valence-corrected chi connectivity index (χ3v) is 4.77. The molecule has 1 saturated heterocycles. The number of hydrogen-bond acceptors (Lipinski definition) is 3. The van der Waals surface area contributed by atoms with Gasteiger partial charge in [-0.25, -0.2) is 0 Å². The van der Waals surface area contributed by atoms with Crippen molar-refractivity contribution in [2.45, 2.75) is 32.3 Å². The molecular formula is C19H30N2O. The zero-order valence-corrected chi connectivity index (χ0v) is 14.0. The number of hydrogen-bond donors (Lipinski definition) is 1. The van der Waals surface area contributed by atoms with E-state index in [1.165, 1.54) is 5.56 Å². The van der Waals surface area contributed by atoms with Gasteiger partial charge >= 0.3 is 0 Å². The van der Waals surface area contributed by atoms with Gasteiger partial charge < -0.3 is 5.11 Å². The van der Waals surface area contributed by atoms with Crippen molar-refractivity contribution >= 4 is 6.08 Å². The number of rotatable bonds is 7. The summed E-state index contributed by atoms with van der Waals surface area (Å²) in [6.07, 6.45) is 6.12. The molecule has 0 radical (unpaired) electrons. The molecular weight excluding hydrogens is 272 g/mol. The largest absolute Gasteiger partial charge is 0.389 e. The third-order valence-electron chi connectivity index (χ3n) is 4.77. The average molecular weight is 302 g/mol. The second-order valence-corrected chi connectivity index (χ2v) is 6.32. The smallest absolute Gasteiger partial charge is 0.0768 e. The monoisotopic (exact) mass is 302 g/mol. The van der Waals surface area contributed by atoms with Crippen molar-refractivity contribution in [3.63, 3.8) is 0 Å². The fourth-order valence-corrected chi connectivity index (χ4v) is 2.92. The first kappa shape index (κ1) is 17.2. The molecule has 22 heavy (non-hydrogen) atoms. The predicted molar refractivity (Wildman–Crippen MR) is 93.9 cm³/mol. The van der Waals surface area contributed by atoms with E-state index in [1.54, 1.807) is 0 Å². The fourth-order valence-electron chi connectivity index (χ4n) is 2.92. The fraction of sp³-hybridized carbons (Fsp3) is 0.579. The molecule has 0 aliphatic carbocycles. The van der Waals surface area contributed by atoms with Crippen LogP contribution < -0.4 is 0 Å². The molecule has 0 spiro atoms. The van der Waals surface area contributed by atoms with Gasteiger partial charge in [-0.05, 0) is 18.4 Å². The Bertz CT molecular complexity index is 446. The third kappa shape index (κ3) is 5.24. The molecule has 122 valence electrons. The van der Waals surface area contributed by atoms with Crippen molar-refractivity contribution in [3.05, 3.63) is 42.0 Å². The van der Waals surface area contributed by atoms with Crippen LogP contribution in [0.1, 0.15) is 32.3 Å². The lowest BCUT2D eigenvalue weighted by Gasteiger charge is -2.38. The van der Waals surface area contributed by atoms with E-state index in [0.717, 1.165) is 52.1 Å². The summed E-state index contributed by atoms with van der Waals surface area (Å²) in [5.41, 5.74) is 0.757. The van der Waals surface area contributed by atoms with Crippen molar-refractivity contribution in [1.29, 1.82) is 0 Å². The van der Waals surface area contributed by atoms with Crippen LogP contribution in [-0.2, 0) is 0 Å². The van der Waals surface area contributed by atoms with Crippen molar-refractivity contribution in [2.75, 3.05) is 39.3 Å². The summed E-state index contributed by atoms with van der Waals surface area (Å²) in [6.45, 7) is 10.3. The molecule has 3 heteroatoms. The lowest BCUT2D eigenvalue weighted by atomic mass is 9.96. The second kappa shape index (κ2) is 8.47. The standard InChI is InChI=1S/C19H30N2O/c1-3-19(22,4-2)17-21-15-13-20(14-16-21)12-8-11-18-9-6-5-7-10-18/h5-11,22H,3-4,12-17H2,1-2H3/b11-8+. The van der Waals surface area contributed by atoms with Gasteiger partial charge in [0.1, 0.15) is 0 Å². The molecule has 0 atom stereocenters. The van der Waals surface area contributed by atoms with Gasteiger partial charge in [-0.3, -0.25) is 9.80 Å². The summed E-state index contributed by atoms with van der Waals surface area (Å²) in [7, 11) is 0. The van der Waals surface area contributed by atoms with Crippen LogP contribution in [0.4, 0.5) is 0 Å². The average Bonchev–Trinajstić information content (AvgIpc) is 2.57. The van der Waals surface area contributed by atoms with E-state index in [1.807, 2.05) is 6.07 Å². The highest BCUT2D eigenvalue weighted by Gasteiger charge is 2.27. The number of piperazine rings is 1. The Morgan fingerprint density at radius 3 is 2.18 bits per heavy atom. The van der Waals surface area contributed by atoms with Crippen LogP contribution in [-0.4, -0.2) is 59.8 Å². The molecule has 2 rings (SSSR count). The molecule has 1 N–H and O–H groups in total. The molecule has 0 aromatic heterocycles. The lowest BCUT2D eigenvalue weighted by Crippen LogP contribution is -2.51. The molecule has 3 nitrogen and oxygen atoms in total. The van der Waals surface area contributed by atoms with Gasteiger partial charge in [-0.2, -0.15) is 0 Å². The van der Waals surface area contributed by atoms with Gasteiger partial charge in [0.25, 0.3) is 0 Å². The van der Waals surface area contributed by atoms with Crippen molar-refractivity contribution in [1.82, 2.24) is 9.80 Å². The Labute approximate surface area is 135 Å². The van der Waals surface area contributed by atoms with Crippen molar-refractivity contribution in [2.24, 2.45) is 0 Å². The van der Waals surface area contributed by atoms with Crippen molar-refractivity contribution in [3.8, 4) is 0 Å². The number of β-amino-alcohol motifs (C(OH)–C–C–N with tert-alkyl or cyclic N) is 1. The molecule has 0 unspecified atom stereocenters. The molecule has 1 heterocycles. The summed E-state index contributed by atoms with van der Waals surface area (Å²) >= 11 is 0. The Morgan fingerprint density at radius 2 is 1.59 bits per heavy atom. The molecule has 1 aliphatic heterocycles. The summed E-state index contributed by atoms with van der Waals surface area (Å²) in [5, 5.41) is 10.4. The van der Waals surface area contributed by atoms with Crippen LogP contribution in [0, 0.1) is 0 Å². The minimum atomic E-state index is -0.505. The maximum absolute atomic E-state index is 10.4. The minimum Gasteiger partial charge on any atom is -0.389 e. The van der Waals surface area contributed by atoms with Gasteiger partial charge in [0.15, 0.2) is 0 Å². The van der Waals surface area contributed by atoms with E-state index < -0.39 is 5.60 Å². The van der Waals surface area contributed by atoms with Gasteiger partial charge in [0.05, 0.1) is 5.60 Å². The van der Waals surface area contributed by atoms with Crippen LogP contribution in [0.15, 0.2) is 36.4 Å². The summed E-state index contributed by atoms with van der Waals surface area (Å²) in [5.74, 6) is 0. The van der Waals surface area contributed by atoms with E-state index in [9.17, 15) is 5.11 Å². The van der Waals surface area contributed by atoms with E-state index in [-0.39, 0.29) is 0 Å². The van der Waals surface area contributed by atoms with Crippen LogP contribution in [0.3, 0.4) is 0 Å². The SMILES string of the molecule is CCC(O)(CC)CN1CCN(C/C=C/c2ccccc2)CC1. The Morgan fingerprint density at radius 1 is 1.00 bits per heavy atom. The number of benzene rings is 1. The molecule has 0 saturated carbocycles. The first-order valence-corrected chi connectivity index (χ1v) is 8.54. The Kier molecular flexibility index (Phi) is 6.62. The molecule has 1 fully saturated rings. The second-order valence-electron chi connectivity index (χ2n) is 6.32. The Hall–Kier alpha value is -1.16. The zero-order valence-electron chi connectivity index (χ0n) is 14.0. The topological polar surface area (TPSA) is 26.7 Å². The number of aliphatic hydroxyl groups is 1. The maximum atomic E-state index is 10.4. The van der Waals surface area contributed by atoms with Gasteiger partial charge in [0, 0.05) is 39.3 Å². The summed E-state index contributed by atoms with van der Waals surface area (Å²) in [4.78, 5) is 4.89. The van der Waals surface area contributed by atoms with Gasteiger partial charge in [0.2, 0.25) is 0 Å². The highest BCUT2D eigenvalue weighted by Crippen LogP contribution is 2.17. The minimum absolute atomic E-state index is 0.505. The lowest BCUT2D eigenvalue weighted by molar-refractivity contribution is -0.0145. The van der Waals surface area contributed by atoms with Gasteiger partial charge in [-0.1, -0.05) is 56.3 Å². The highest BCUT2D eigenvalue weighted by atomic mass is 16.3. The van der Waals surface area contributed by atoms with Crippen molar-refractivity contribution < 1.29 is 5.11 Å². The van der Waals surface area contributed by atoms with E-state index in [4.69, 9.17) is 0 Å². The predicted octanol–water partition coefficient (Wildman–Crippen LogP) is 2.87. The maximum Gasteiger partial charge on any atom is 0.0768 e. The Balaban J connectivity index is 1.72. The van der Waals surface area contributed by atoms with Crippen LogP contribution in [0.5, 0.6) is 0 Å². The van der Waals surface area contributed by atoms with E-state index >= 15 is 0 Å². The summed E-state index contributed by atoms with van der Waals surface area (Å²) in [6, 6.07) is 10.4. The van der Waals surface area contributed by atoms with Gasteiger partial charge in [-0.15, -0.1) is 0 Å². The molecule has 1 aromatic carbocycles. The molecule has 0 amide bonds. The molecule has 1 aromatic rings. The highest BCUT2D eigenvalue weighted by molar-refractivity contribution is 5.48. The van der Waals surface area contributed by atoms with E-state index in [0.29, 0.717) is 0 Å². The van der Waals surface area contributed by atoms with Crippen LogP contribution in [0.25, 0.3) is 6.08 Å². The normalized spacial score (nSPS) is 18.1. The van der Waals surface area contributed by atoms with E-state index in [2.05, 4.69) is 60.1 Å². The first-order valence-electron chi connectivity index (χ1n) is 8.54. The molecule has 0 bridgehead atoms. The van der Waals surface area contributed by atoms with Crippen LogP contribution >= 0.6 is 0 Å². The molecule has 1 aliphatic rings. The number of nitrogens with zero attached hydrogens (tertiary/aromatic N) is 2. The zero-order chi connectivity index (χ0) is 15.8. The quantitative estimate of drug-likeness (QED) is 0.839.